The molecule has 0 atom stereocenters. The zero-order valence-electron chi connectivity index (χ0n) is 15.1. The van der Waals surface area contributed by atoms with Gasteiger partial charge in [0.05, 0.1) is 11.3 Å². The lowest BCUT2D eigenvalue weighted by molar-refractivity contribution is -0.131. The summed E-state index contributed by atoms with van der Waals surface area (Å²) in [5.74, 6) is -1.01. The fourth-order valence-electron chi connectivity index (χ4n) is 2.74. The molecular weight excluding hydrogens is 353 g/mol. The zero-order chi connectivity index (χ0) is 20.1. The number of esters is 1. The summed E-state index contributed by atoms with van der Waals surface area (Å²) in [5, 5.41) is 2.71. The molecule has 0 aliphatic heterocycles. The first-order chi connectivity index (χ1) is 13.5. The third-order valence-corrected chi connectivity index (χ3v) is 4.04. The van der Waals surface area contributed by atoms with E-state index in [0.717, 1.165) is 11.1 Å². The highest BCUT2D eigenvalue weighted by atomic mass is 16.5. The van der Waals surface area contributed by atoms with Gasteiger partial charge in [0, 0.05) is 12.5 Å². The third-order valence-electron chi connectivity index (χ3n) is 4.04. The Morgan fingerprint density at radius 2 is 1.71 bits per heavy atom. The van der Waals surface area contributed by atoms with Gasteiger partial charge in [-0.05, 0) is 29.3 Å². The molecule has 0 unspecified atom stereocenters. The van der Waals surface area contributed by atoms with Crippen LogP contribution < -0.4 is 15.5 Å². The van der Waals surface area contributed by atoms with Crippen LogP contribution in [0, 0.1) is 0 Å². The number of aldehydes is 1. The Balaban J connectivity index is 1.97. The van der Waals surface area contributed by atoms with E-state index in [4.69, 9.17) is 12.6 Å². The number of benzene rings is 3. The summed E-state index contributed by atoms with van der Waals surface area (Å²) in [6.45, 7) is 1.24. The Hall–Kier alpha value is -3.67. The molecule has 0 aliphatic carbocycles. The molecule has 2 radical (unpaired) electrons. The van der Waals surface area contributed by atoms with Gasteiger partial charge in [0.15, 0.2) is 6.29 Å². The van der Waals surface area contributed by atoms with Crippen molar-refractivity contribution in [1.82, 2.24) is 0 Å². The first kappa shape index (κ1) is 19.1. The van der Waals surface area contributed by atoms with Gasteiger partial charge >= 0.3 is 5.97 Å². The van der Waals surface area contributed by atoms with E-state index in [1.807, 2.05) is 30.3 Å². The maximum atomic E-state index is 12.8. The van der Waals surface area contributed by atoms with Crippen LogP contribution >= 0.6 is 0 Å². The molecule has 0 aliphatic rings. The summed E-state index contributed by atoms with van der Waals surface area (Å²) in [6.07, 6.45) is 0.663. The minimum atomic E-state index is -0.557. The molecular formula is C22H16BNO4. The van der Waals surface area contributed by atoms with Crippen molar-refractivity contribution in [3.63, 3.8) is 0 Å². The average Bonchev–Trinajstić information content (AvgIpc) is 2.69. The predicted octanol–water partition coefficient (Wildman–Crippen LogP) is 3.14. The third kappa shape index (κ3) is 4.35. The second-order valence-corrected chi connectivity index (χ2v) is 6.09. The van der Waals surface area contributed by atoms with Crippen LogP contribution in [0.5, 0.6) is 5.75 Å². The van der Waals surface area contributed by atoms with E-state index in [-0.39, 0.29) is 11.3 Å². The Morgan fingerprint density at radius 1 is 0.964 bits per heavy atom. The Morgan fingerprint density at radius 3 is 2.39 bits per heavy atom. The summed E-state index contributed by atoms with van der Waals surface area (Å²) >= 11 is 0. The number of rotatable bonds is 5. The lowest BCUT2D eigenvalue weighted by Crippen LogP contribution is -2.18. The van der Waals surface area contributed by atoms with Gasteiger partial charge in [-0.25, -0.2) is 0 Å². The number of ether oxygens (including phenoxy) is 1. The van der Waals surface area contributed by atoms with Crippen molar-refractivity contribution >= 4 is 37.2 Å². The van der Waals surface area contributed by atoms with E-state index in [9.17, 15) is 14.4 Å². The molecule has 0 saturated heterocycles. The highest BCUT2D eigenvalue weighted by Gasteiger charge is 2.16. The van der Waals surface area contributed by atoms with Crippen LogP contribution in [0.25, 0.3) is 11.1 Å². The van der Waals surface area contributed by atoms with E-state index in [0.29, 0.717) is 23.0 Å². The monoisotopic (exact) mass is 369 g/mol. The number of anilines is 1. The fraction of sp³-hybridized carbons (Fsp3) is 0.0455. The van der Waals surface area contributed by atoms with E-state index in [2.05, 4.69) is 5.32 Å². The second kappa shape index (κ2) is 8.35. The first-order valence-electron chi connectivity index (χ1n) is 8.52. The van der Waals surface area contributed by atoms with Gasteiger partial charge in [-0.1, -0.05) is 54.0 Å². The van der Waals surface area contributed by atoms with Crippen LogP contribution in [0.15, 0.2) is 66.7 Å². The average molecular weight is 369 g/mol. The van der Waals surface area contributed by atoms with Crippen LogP contribution in [0.2, 0.25) is 0 Å². The van der Waals surface area contributed by atoms with E-state index in [1.165, 1.54) is 25.1 Å². The van der Waals surface area contributed by atoms with Crippen molar-refractivity contribution in [2.24, 2.45) is 0 Å². The molecule has 0 bridgehead atoms. The predicted molar refractivity (Wildman–Crippen MR) is 108 cm³/mol. The Labute approximate surface area is 163 Å². The van der Waals surface area contributed by atoms with Crippen LogP contribution in [-0.2, 0) is 4.79 Å². The van der Waals surface area contributed by atoms with Crippen LogP contribution in [-0.4, -0.2) is 26.0 Å². The molecule has 0 saturated carbocycles. The molecule has 136 valence electrons. The van der Waals surface area contributed by atoms with Gasteiger partial charge in [0.2, 0.25) is 0 Å². The van der Waals surface area contributed by atoms with Gasteiger partial charge in [-0.15, -0.1) is 0 Å². The standard InChI is InChI=1S/C22H16BNO4/c1-14(26)28-21-10-9-18(23)12-19(21)22(27)24-20-11-16(7-8-17(20)13-25)15-5-3-2-4-6-15/h2-13H,1H3,(H,24,27). The summed E-state index contributed by atoms with van der Waals surface area (Å²) in [5.41, 5.74) is 2.89. The van der Waals surface area contributed by atoms with Crippen LogP contribution in [0.4, 0.5) is 5.69 Å². The molecule has 28 heavy (non-hydrogen) atoms. The molecule has 1 N–H and O–H groups in total. The van der Waals surface area contributed by atoms with Crippen molar-refractivity contribution in [2.45, 2.75) is 6.92 Å². The van der Waals surface area contributed by atoms with Crippen molar-refractivity contribution in [2.75, 3.05) is 5.32 Å². The van der Waals surface area contributed by atoms with Crippen molar-refractivity contribution in [1.29, 1.82) is 0 Å². The van der Waals surface area contributed by atoms with Crippen LogP contribution in [0.3, 0.4) is 0 Å². The van der Waals surface area contributed by atoms with Gasteiger partial charge in [-0.2, -0.15) is 0 Å². The van der Waals surface area contributed by atoms with E-state index >= 15 is 0 Å². The number of amides is 1. The Bertz CT molecular complexity index is 1050. The quantitative estimate of drug-likeness (QED) is 0.325. The van der Waals surface area contributed by atoms with Gasteiger partial charge < -0.3 is 10.1 Å². The van der Waals surface area contributed by atoms with Crippen molar-refractivity contribution in [3.05, 3.63) is 77.9 Å². The van der Waals surface area contributed by atoms with E-state index < -0.39 is 11.9 Å². The molecule has 1 amide bonds. The van der Waals surface area contributed by atoms with Crippen molar-refractivity contribution in [3.8, 4) is 16.9 Å². The number of hydrogen-bond acceptors (Lipinski definition) is 4. The van der Waals surface area contributed by atoms with Crippen molar-refractivity contribution < 1.29 is 19.1 Å². The lowest BCUT2D eigenvalue weighted by Gasteiger charge is -2.13. The minimum absolute atomic E-state index is 0.0890. The molecule has 0 spiro atoms. The molecule has 0 aromatic heterocycles. The summed E-state index contributed by atoms with van der Waals surface area (Å²) in [7, 11) is 5.77. The number of nitrogens with one attached hydrogen (secondary N) is 1. The Kier molecular flexibility index (Phi) is 5.70. The lowest BCUT2D eigenvalue weighted by atomic mass is 9.93. The molecule has 3 aromatic carbocycles. The summed E-state index contributed by atoms with van der Waals surface area (Å²) in [4.78, 5) is 35.5. The molecule has 6 heteroatoms. The second-order valence-electron chi connectivity index (χ2n) is 6.09. The largest absolute Gasteiger partial charge is 0.426 e. The maximum absolute atomic E-state index is 12.8. The summed E-state index contributed by atoms with van der Waals surface area (Å²) in [6, 6.07) is 19.1. The molecule has 3 rings (SSSR count). The zero-order valence-corrected chi connectivity index (χ0v) is 15.1. The number of hydrogen-bond donors (Lipinski definition) is 1. The van der Waals surface area contributed by atoms with Gasteiger partial charge in [0.1, 0.15) is 13.6 Å². The number of carbonyl (C=O) groups is 3. The molecule has 0 fully saturated rings. The van der Waals surface area contributed by atoms with E-state index in [1.54, 1.807) is 18.2 Å². The van der Waals surface area contributed by atoms with Gasteiger partial charge in [-0.3, -0.25) is 14.4 Å². The topological polar surface area (TPSA) is 72.5 Å². The smallest absolute Gasteiger partial charge is 0.308 e. The first-order valence-corrected chi connectivity index (χ1v) is 8.52. The molecule has 3 aromatic rings. The molecule has 5 nitrogen and oxygen atoms in total. The fourth-order valence-corrected chi connectivity index (χ4v) is 2.74. The highest BCUT2D eigenvalue weighted by molar-refractivity contribution is 6.33. The minimum Gasteiger partial charge on any atom is -0.426 e. The highest BCUT2D eigenvalue weighted by Crippen LogP contribution is 2.26. The maximum Gasteiger partial charge on any atom is 0.308 e. The molecule has 0 heterocycles. The summed E-state index contributed by atoms with van der Waals surface area (Å²) < 4.78 is 5.08. The SMILES string of the molecule is [B]c1ccc(OC(C)=O)c(C(=O)Nc2cc(-c3ccccc3)ccc2C=O)c1. The van der Waals surface area contributed by atoms with Gasteiger partial charge in [0.25, 0.3) is 5.91 Å². The normalized spacial score (nSPS) is 10.2. The number of carbonyl (C=O) groups excluding carboxylic acids is 3. The van der Waals surface area contributed by atoms with Crippen LogP contribution in [0.1, 0.15) is 27.6 Å².